The number of ether oxygens (including phenoxy) is 1. The Morgan fingerprint density at radius 1 is 1.17 bits per heavy atom. The molecule has 3 N–H and O–H groups in total. The lowest BCUT2D eigenvalue weighted by Gasteiger charge is -2.38. The fraction of sp³-hybridized carbons (Fsp3) is 0.704. The molecule has 0 radical (unpaired) electrons. The van der Waals surface area contributed by atoms with Crippen molar-refractivity contribution in [1.29, 1.82) is 0 Å². The number of nitrogens with zero attached hydrogens (tertiary/aromatic N) is 1. The smallest absolute Gasteiger partial charge is 0.317 e. The number of nitrogens with one attached hydrogen (secondary N) is 3. The van der Waals surface area contributed by atoms with E-state index in [4.69, 9.17) is 16.3 Å². The molecule has 35 heavy (non-hydrogen) atoms. The van der Waals surface area contributed by atoms with E-state index in [2.05, 4.69) is 16.0 Å². The average molecular weight is 507 g/mol. The van der Waals surface area contributed by atoms with Crippen LogP contribution in [-0.4, -0.2) is 62.7 Å². The first kappa shape index (κ1) is 27.8. The minimum Gasteiger partial charge on any atom is -0.363 e. The highest BCUT2D eigenvalue weighted by molar-refractivity contribution is 6.30. The van der Waals surface area contributed by atoms with Gasteiger partial charge in [0.2, 0.25) is 5.91 Å². The third-order valence-electron chi connectivity index (χ3n) is 7.24. The van der Waals surface area contributed by atoms with Gasteiger partial charge in [-0.1, -0.05) is 55.8 Å². The summed E-state index contributed by atoms with van der Waals surface area (Å²) in [5.41, 5.74) is 0.944. The molecular formula is C27H43ClN4O3. The second-order valence-corrected chi connectivity index (χ2v) is 10.5. The van der Waals surface area contributed by atoms with Gasteiger partial charge in [0.05, 0.1) is 6.10 Å². The minimum absolute atomic E-state index is 0.000621. The molecule has 1 heterocycles. The van der Waals surface area contributed by atoms with Gasteiger partial charge in [-0.25, -0.2) is 4.79 Å². The molecule has 2 fully saturated rings. The zero-order valence-electron chi connectivity index (χ0n) is 21.4. The molecule has 1 aromatic carbocycles. The summed E-state index contributed by atoms with van der Waals surface area (Å²) in [4.78, 5) is 27.3. The van der Waals surface area contributed by atoms with Gasteiger partial charge in [0, 0.05) is 43.2 Å². The summed E-state index contributed by atoms with van der Waals surface area (Å²) in [7, 11) is 1.94. The normalized spacial score (nSPS) is 20.8. The monoisotopic (exact) mass is 506 g/mol. The first-order valence-electron chi connectivity index (χ1n) is 13.3. The third kappa shape index (κ3) is 8.96. The highest BCUT2D eigenvalue weighted by Gasteiger charge is 2.32. The molecule has 1 aliphatic heterocycles. The van der Waals surface area contributed by atoms with Crippen LogP contribution < -0.4 is 16.0 Å². The number of likely N-dealkylation sites (N-methyl/N-ethyl adjacent to an activating group) is 2. The van der Waals surface area contributed by atoms with Crippen LogP contribution in [0.4, 0.5) is 4.79 Å². The maximum Gasteiger partial charge on any atom is 0.317 e. The fourth-order valence-electron chi connectivity index (χ4n) is 5.57. The number of hydrogen-bond donors (Lipinski definition) is 3. The first-order valence-corrected chi connectivity index (χ1v) is 13.7. The molecule has 3 amide bonds. The highest BCUT2D eigenvalue weighted by atomic mass is 35.5. The van der Waals surface area contributed by atoms with E-state index in [1.165, 1.54) is 32.1 Å². The van der Waals surface area contributed by atoms with Crippen molar-refractivity contribution >= 4 is 23.5 Å². The number of hydrogen-bond acceptors (Lipinski definition) is 4. The lowest BCUT2D eigenvalue weighted by atomic mass is 9.85. The number of carbonyl (C=O) groups is 2. The topological polar surface area (TPSA) is 82.7 Å². The van der Waals surface area contributed by atoms with E-state index in [-0.39, 0.29) is 36.6 Å². The molecule has 0 aromatic heterocycles. The van der Waals surface area contributed by atoms with Gasteiger partial charge in [-0.3, -0.25) is 4.79 Å². The lowest BCUT2D eigenvalue weighted by Crippen LogP contribution is -2.52. The zero-order chi connectivity index (χ0) is 25.0. The molecule has 3 atom stereocenters. The van der Waals surface area contributed by atoms with Crippen LogP contribution in [0.15, 0.2) is 24.3 Å². The third-order valence-corrected chi connectivity index (χ3v) is 7.47. The summed E-state index contributed by atoms with van der Waals surface area (Å²) < 4.78 is 6.15. The van der Waals surface area contributed by atoms with Gasteiger partial charge in [-0.15, -0.1) is 0 Å². The number of benzene rings is 1. The van der Waals surface area contributed by atoms with Gasteiger partial charge in [0.15, 0.2) is 0 Å². The zero-order valence-corrected chi connectivity index (χ0v) is 22.1. The molecule has 7 nitrogen and oxygen atoms in total. The quantitative estimate of drug-likeness (QED) is 0.412. The van der Waals surface area contributed by atoms with Crippen molar-refractivity contribution in [2.45, 2.75) is 70.4 Å². The minimum atomic E-state index is -0.303. The van der Waals surface area contributed by atoms with Gasteiger partial charge >= 0.3 is 6.03 Å². The largest absolute Gasteiger partial charge is 0.363 e. The van der Waals surface area contributed by atoms with E-state index in [0.29, 0.717) is 24.0 Å². The van der Waals surface area contributed by atoms with Gasteiger partial charge in [-0.2, -0.15) is 0 Å². The van der Waals surface area contributed by atoms with Crippen LogP contribution >= 0.6 is 11.6 Å². The Labute approximate surface area is 215 Å². The Balaban J connectivity index is 1.64. The molecule has 0 unspecified atom stereocenters. The average Bonchev–Trinajstić information content (AvgIpc) is 2.85. The van der Waals surface area contributed by atoms with Crippen LogP contribution in [0, 0.1) is 11.8 Å². The van der Waals surface area contributed by atoms with Crippen molar-refractivity contribution in [3.05, 3.63) is 34.9 Å². The molecule has 8 heteroatoms. The van der Waals surface area contributed by atoms with E-state index in [9.17, 15) is 9.59 Å². The summed E-state index contributed by atoms with van der Waals surface area (Å²) in [6.45, 7) is 4.54. The van der Waals surface area contributed by atoms with Gasteiger partial charge < -0.3 is 25.6 Å². The summed E-state index contributed by atoms with van der Waals surface area (Å²) in [6.07, 6.45) is 9.05. The molecule has 0 bridgehead atoms. The molecule has 196 valence electrons. The Kier molecular flexibility index (Phi) is 11.6. The van der Waals surface area contributed by atoms with Crippen molar-refractivity contribution in [2.75, 3.05) is 39.8 Å². The molecule has 1 aliphatic carbocycles. The van der Waals surface area contributed by atoms with E-state index < -0.39 is 0 Å². The Morgan fingerprint density at radius 2 is 1.97 bits per heavy atom. The first-order chi connectivity index (χ1) is 17.0. The molecular weight excluding hydrogens is 464 g/mol. The Hall–Kier alpha value is -1.83. The van der Waals surface area contributed by atoms with Gasteiger partial charge in [0.25, 0.3) is 0 Å². The maximum absolute atomic E-state index is 13.3. The Morgan fingerprint density at radius 3 is 2.69 bits per heavy atom. The van der Waals surface area contributed by atoms with Gasteiger partial charge in [0.1, 0.15) is 6.61 Å². The molecule has 1 aromatic rings. The number of halogens is 1. The fourth-order valence-corrected chi connectivity index (χ4v) is 5.77. The SMILES string of the molecule is CCNC(=O)CO[C@@H](c1cccc(Cl)c1)[C@H]1CCCN(C(=O)N[C@@H](CNC)CC2CCCCC2)C1. The predicted molar refractivity (Wildman–Crippen MR) is 141 cm³/mol. The van der Waals surface area contributed by atoms with Crippen LogP contribution in [0.25, 0.3) is 0 Å². The molecule has 1 saturated heterocycles. The second kappa shape index (κ2) is 14.7. The Bertz CT molecular complexity index is 802. The summed E-state index contributed by atoms with van der Waals surface area (Å²) >= 11 is 6.27. The molecule has 0 spiro atoms. The second-order valence-electron chi connectivity index (χ2n) is 10.0. The summed E-state index contributed by atoms with van der Waals surface area (Å²) in [5, 5.41) is 9.99. The van der Waals surface area contributed by atoms with Crippen LogP contribution in [-0.2, 0) is 9.53 Å². The maximum atomic E-state index is 13.3. The number of piperidine rings is 1. The standard InChI is InChI=1S/C27H43ClN4O3/c1-3-30-25(33)19-35-26(21-11-7-13-23(28)16-21)22-12-8-14-32(18-22)27(34)31-24(17-29-2)15-20-9-5-4-6-10-20/h7,11,13,16,20,22,24,26,29H,3-6,8-10,12,14-15,17-19H2,1-2H3,(H,30,33)(H,31,34)/t22-,24+,26-/m0/s1. The van der Waals surface area contributed by atoms with Crippen LogP contribution in [0.2, 0.25) is 5.02 Å². The summed E-state index contributed by atoms with van der Waals surface area (Å²) in [6, 6.07) is 7.76. The number of rotatable bonds is 11. The van der Waals surface area contributed by atoms with Crippen molar-refractivity contribution in [3.63, 3.8) is 0 Å². The van der Waals surface area contributed by atoms with E-state index in [1.807, 2.05) is 43.1 Å². The predicted octanol–water partition coefficient (Wildman–Crippen LogP) is 4.51. The number of carbonyl (C=O) groups excluding carboxylic acids is 2. The number of amides is 3. The summed E-state index contributed by atoms with van der Waals surface area (Å²) in [5.74, 6) is 0.650. The van der Waals surface area contributed by atoms with E-state index >= 15 is 0 Å². The lowest BCUT2D eigenvalue weighted by molar-refractivity contribution is -0.129. The van der Waals surface area contributed by atoms with Crippen molar-refractivity contribution in [3.8, 4) is 0 Å². The van der Waals surface area contributed by atoms with Crippen molar-refractivity contribution < 1.29 is 14.3 Å². The van der Waals surface area contributed by atoms with Gasteiger partial charge in [-0.05, 0) is 56.8 Å². The van der Waals surface area contributed by atoms with Crippen LogP contribution in [0.5, 0.6) is 0 Å². The van der Waals surface area contributed by atoms with Crippen LogP contribution in [0.1, 0.15) is 70.0 Å². The molecule has 3 rings (SSSR count). The number of likely N-dealkylation sites (tertiary alicyclic amines) is 1. The van der Waals surface area contributed by atoms with E-state index in [0.717, 1.165) is 37.9 Å². The van der Waals surface area contributed by atoms with Crippen molar-refractivity contribution in [1.82, 2.24) is 20.9 Å². The molecule has 2 aliphatic rings. The van der Waals surface area contributed by atoms with E-state index in [1.54, 1.807) is 0 Å². The highest BCUT2D eigenvalue weighted by Crippen LogP contribution is 2.34. The van der Waals surface area contributed by atoms with Crippen molar-refractivity contribution in [2.24, 2.45) is 11.8 Å². The number of urea groups is 1. The molecule has 1 saturated carbocycles. The van der Waals surface area contributed by atoms with Crippen LogP contribution in [0.3, 0.4) is 0 Å².